The molecule has 0 aliphatic heterocycles. The van der Waals surface area contributed by atoms with Crippen molar-refractivity contribution in [1.82, 2.24) is 4.98 Å². The minimum atomic E-state index is -4.86. The van der Waals surface area contributed by atoms with Crippen LogP contribution in [0.1, 0.15) is 28.8 Å². The maximum absolute atomic E-state index is 12.8. The molecule has 0 fully saturated rings. The molecule has 98 valence electrons. The Balaban J connectivity index is 3.54. The molecule has 1 aromatic heterocycles. The summed E-state index contributed by atoms with van der Waals surface area (Å²) < 4.78 is 63.3. The molecule has 0 spiro atoms. The van der Waals surface area contributed by atoms with E-state index in [1.165, 1.54) is 0 Å². The van der Waals surface area contributed by atoms with Gasteiger partial charge in [-0.25, -0.2) is 8.78 Å². The molecule has 8 heteroatoms. The zero-order valence-corrected chi connectivity index (χ0v) is 8.93. The van der Waals surface area contributed by atoms with E-state index in [1.54, 1.807) is 6.07 Å². The third-order valence-electron chi connectivity index (χ3n) is 2.27. The van der Waals surface area contributed by atoms with E-state index >= 15 is 0 Å². The first-order valence-corrected chi connectivity index (χ1v) is 4.76. The molecule has 2 N–H and O–H groups in total. The molecule has 0 atom stereocenters. The van der Waals surface area contributed by atoms with Crippen molar-refractivity contribution >= 4 is 0 Å². The highest BCUT2D eigenvalue weighted by atomic mass is 19.4. The molecule has 0 saturated carbocycles. The van der Waals surface area contributed by atoms with Gasteiger partial charge in [-0.15, -0.1) is 0 Å². The lowest BCUT2D eigenvalue weighted by Crippen LogP contribution is -2.18. The quantitative estimate of drug-likeness (QED) is 0.854. The SMILES string of the molecule is N#CCc1cnc(C(F)(F)F)c(CN)c1C(F)F. The monoisotopic (exact) mass is 265 g/mol. The lowest BCUT2D eigenvalue weighted by atomic mass is 9.99. The van der Waals surface area contributed by atoms with Crippen molar-refractivity contribution in [2.24, 2.45) is 5.73 Å². The zero-order chi connectivity index (χ0) is 13.9. The lowest BCUT2D eigenvalue weighted by Gasteiger charge is -2.16. The number of pyridine rings is 1. The molecule has 1 rings (SSSR count). The van der Waals surface area contributed by atoms with Gasteiger partial charge in [0.05, 0.1) is 12.5 Å². The minimum Gasteiger partial charge on any atom is -0.326 e. The summed E-state index contributed by atoms with van der Waals surface area (Å²) in [5.41, 5.74) is 1.83. The fraction of sp³-hybridized carbons (Fsp3) is 0.400. The van der Waals surface area contributed by atoms with Gasteiger partial charge in [-0.3, -0.25) is 4.98 Å². The first-order chi connectivity index (χ1) is 8.32. The van der Waals surface area contributed by atoms with Gasteiger partial charge in [0.15, 0.2) is 0 Å². The highest BCUT2D eigenvalue weighted by Crippen LogP contribution is 2.36. The van der Waals surface area contributed by atoms with Crippen LogP contribution in [0.3, 0.4) is 0 Å². The van der Waals surface area contributed by atoms with Crippen molar-refractivity contribution in [3.63, 3.8) is 0 Å². The van der Waals surface area contributed by atoms with Crippen molar-refractivity contribution in [1.29, 1.82) is 5.26 Å². The van der Waals surface area contributed by atoms with Crippen molar-refractivity contribution < 1.29 is 22.0 Å². The summed E-state index contributed by atoms with van der Waals surface area (Å²) in [5, 5.41) is 8.44. The molecule has 0 aromatic carbocycles. The van der Waals surface area contributed by atoms with Crippen LogP contribution in [0.4, 0.5) is 22.0 Å². The van der Waals surface area contributed by atoms with E-state index in [2.05, 4.69) is 4.98 Å². The van der Waals surface area contributed by atoms with Crippen LogP contribution >= 0.6 is 0 Å². The second-order valence-electron chi connectivity index (χ2n) is 3.36. The molecule has 0 radical (unpaired) electrons. The highest BCUT2D eigenvalue weighted by molar-refractivity contribution is 5.40. The molecular formula is C10H8F5N3. The normalized spacial score (nSPS) is 11.7. The first kappa shape index (κ1) is 14.3. The van der Waals surface area contributed by atoms with Crippen molar-refractivity contribution in [2.45, 2.75) is 25.6 Å². The molecule has 3 nitrogen and oxygen atoms in total. The topological polar surface area (TPSA) is 62.7 Å². The Kier molecular flexibility index (Phi) is 4.19. The van der Waals surface area contributed by atoms with Gasteiger partial charge in [0, 0.05) is 23.9 Å². The summed E-state index contributed by atoms with van der Waals surface area (Å²) in [6.45, 7) is -0.721. The number of alkyl halides is 5. The van der Waals surface area contributed by atoms with Crippen LogP contribution in [-0.4, -0.2) is 4.98 Å². The fourth-order valence-electron chi connectivity index (χ4n) is 1.56. The standard InChI is InChI=1S/C10H8F5N3/c11-9(12)7-5(1-2-16)4-18-8(6(7)3-17)10(13,14)15/h4,9H,1,3,17H2. The molecule has 0 saturated heterocycles. The number of nitrogens with two attached hydrogens (primary N) is 1. The number of rotatable bonds is 3. The third-order valence-corrected chi connectivity index (χ3v) is 2.27. The fourth-order valence-corrected chi connectivity index (χ4v) is 1.56. The van der Waals surface area contributed by atoms with Crippen molar-refractivity contribution in [2.75, 3.05) is 0 Å². The Bertz CT molecular complexity index is 476. The smallest absolute Gasteiger partial charge is 0.326 e. The van der Waals surface area contributed by atoms with Crippen molar-refractivity contribution in [3.05, 3.63) is 28.6 Å². The number of nitriles is 1. The third kappa shape index (κ3) is 2.73. The lowest BCUT2D eigenvalue weighted by molar-refractivity contribution is -0.142. The van der Waals surface area contributed by atoms with E-state index in [9.17, 15) is 22.0 Å². The number of hydrogen-bond acceptors (Lipinski definition) is 3. The van der Waals surface area contributed by atoms with Crippen LogP contribution in [0, 0.1) is 11.3 Å². The van der Waals surface area contributed by atoms with E-state index in [4.69, 9.17) is 11.0 Å². The molecular weight excluding hydrogens is 257 g/mol. The molecule has 0 unspecified atom stereocenters. The highest BCUT2D eigenvalue weighted by Gasteiger charge is 2.37. The van der Waals surface area contributed by atoms with E-state index in [1.807, 2.05) is 0 Å². The van der Waals surface area contributed by atoms with E-state index in [0.717, 1.165) is 0 Å². The Hall–Kier alpha value is -1.75. The Labute approximate surface area is 99.0 Å². The van der Waals surface area contributed by atoms with Crippen molar-refractivity contribution in [3.8, 4) is 6.07 Å². The van der Waals surface area contributed by atoms with E-state index < -0.39 is 42.4 Å². The number of hydrogen-bond donors (Lipinski definition) is 1. The number of aromatic nitrogens is 1. The summed E-state index contributed by atoms with van der Waals surface area (Å²) in [6, 6.07) is 1.59. The summed E-state index contributed by atoms with van der Waals surface area (Å²) in [7, 11) is 0. The molecule has 0 bridgehead atoms. The van der Waals surface area contributed by atoms with Crippen LogP contribution in [-0.2, 0) is 19.1 Å². The second-order valence-corrected chi connectivity index (χ2v) is 3.36. The predicted octanol–water partition coefficient (Wildman–Crippen LogP) is 2.56. The molecule has 1 aromatic rings. The van der Waals surface area contributed by atoms with Gasteiger partial charge in [0.1, 0.15) is 5.69 Å². The zero-order valence-electron chi connectivity index (χ0n) is 8.93. The van der Waals surface area contributed by atoms with Gasteiger partial charge in [-0.2, -0.15) is 18.4 Å². The summed E-state index contributed by atoms with van der Waals surface area (Å²) in [6.07, 6.45) is -7.80. The average molecular weight is 265 g/mol. The van der Waals surface area contributed by atoms with Gasteiger partial charge in [-0.05, 0) is 5.56 Å². The van der Waals surface area contributed by atoms with E-state index in [-0.39, 0.29) is 5.56 Å². The predicted molar refractivity (Wildman–Crippen MR) is 51.4 cm³/mol. The van der Waals surface area contributed by atoms with Gasteiger partial charge in [0.25, 0.3) is 6.43 Å². The Morgan fingerprint density at radius 1 is 1.39 bits per heavy atom. The summed E-state index contributed by atoms with van der Waals surface area (Å²) in [4.78, 5) is 3.09. The van der Waals surface area contributed by atoms with Crippen LogP contribution in [0.15, 0.2) is 6.20 Å². The number of nitrogens with zero attached hydrogens (tertiary/aromatic N) is 2. The number of halogens is 5. The van der Waals surface area contributed by atoms with Crippen LogP contribution < -0.4 is 5.73 Å². The van der Waals surface area contributed by atoms with Crippen LogP contribution in [0.25, 0.3) is 0 Å². The molecule has 1 heterocycles. The van der Waals surface area contributed by atoms with Gasteiger partial charge < -0.3 is 5.73 Å². The first-order valence-electron chi connectivity index (χ1n) is 4.76. The van der Waals surface area contributed by atoms with Gasteiger partial charge in [-0.1, -0.05) is 0 Å². The maximum atomic E-state index is 12.8. The second kappa shape index (κ2) is 5.27. The summed E-state index contributed by atoms with van der Waals surface area (Å²) >= 11 is 0. The molecule has 0 amide bonds. The van der Waals surface area contributed by atoms with Gasteiger partial charge in [0.2, 0.25) is 0 Å². The largest absolute Gasteiger partial charge is 0.433 e. The molecule has 18 heavy (non-hydrogen) atoms. The van der Waals surface area contributed by atoms with Crippen LogP contribution in [0.5, 0.6) is 0 Å². The Morgan fingerprint density at radius 2 is 2.00 bits per heavy atom. The summed E-state index contributed by atoms with van der Waals surface area (Å²) in [5.74, 6) is 0. The minimum absolute atomic E-state index is 0.235. The average Bonchev–Trinajstić information content (AvgIpc) is 2.26. The molecule has 0 aliphatic rings. The van der Waals surface area contributed by atoms with Crippen LogP contribution in [0.2, 0.25) is 0 Å². The Morgan fingerprint density at radius 3 is 2.39 bits per heavy atom. The van der Waals surface area contributed by atoms with Gasteiger partial charge >= 0.3 is 6.18 Å². The maximum Gasteiger partial charge on any atom is 0.433 e. The molecule has 0 aliphatic carbocycles. The van der Waals surface area contributed by atoms with E-state index in [0.29, 0.717) is 6.20 Å².